The number of rotatable bonds is 4. The summed E-state index contributed by atoms with van der Waals surface area (Å²) >= 11 is 0. The molecule has 3 saturated carbocycles. The number of fused-ring (bicyclic) bond motifs is 5. The Hall–Kier alpha value is -1.14. The largest absolute Gasteiger partial charge is 0.414 e. The molecular formula is C24H40N2O3Si. The van der Waals surface area contributed by atoms with Crippen molar-refractivity contribution in [3.63, 3.8) is 0 Å². The molecule has 0 spiro atoms. The van der Waals surface area contributed by atoms with Gasteiger partial charge in [-0.05, 0) is 93.8 Å². The predicted molar refractivity (Wildman–Crippen MR) is 124 cm³/mol. The monoisotopic (exact) mass is 432 g/mol. The van der Waals surface area contributed by atoms with E-state index < -0.39 is 8.32 Å². The molecule has 4 rings (SSSR count). The van der Waals surface area contributed by atoms with Crippen molar-refractivity contribution in [2.45, 2.75) is 84.5 Å². The van der Waals surface area contributed by atoms with Crippen LogP contribution < -0.4 is 0 Å². The number of hydrogen-bond acceptors (Lipinski definition) is 5. The Morgan fingerprint density at radius 1 is 0.933 bits per heavy atom. The molecule has 0 aliphatic heterocycles. The molecule has 0 N–H and O–H groups in total. The fourth-order valence-electron chi connectivity index (χ4n) is 7.33. The van der Waals surface area contributed by atoms with Crippen LogP contribution >= 0.6 is 0 Å². The van der Waals surface area contributed by atoms with Gasteiger partial charge in [0.2, 0.25) is 0 Å². The van der Waals surface area contributed by atoms with Gasteiger partial charge >= 0.3 is 0 Å². The van der Waals surface area contributed by atoms with E-state index in [1.165, 1.54) is 31.4 Å². The van der Waals surface area contributed by atoms with Gasteiger partial charge in [-0.2, -0.15) is 0 Å². The van der Waals surface area contributed by atoms with E-state index in [-0.39, 0.29) is 10.8 Å². The first kappa shape index (κ1) is 22.1. The lowest BCUT2D eigenvalue weighted by atomic mass is 9.46. The van der Waals surface area contributed by atoms with Crippen molar-refractivity contribution in [1.82, 2.24) is 0 Å². The van der Waals surface area contributed by atoms with E-state index in [9.17, 15) is 0 Å². The van der Waals surface area contributed by atoms with E-state index >= 15 is 0 Å². The molecule has 30 heavy (non-hydrogen) atoms. The van der Waals surface area contributed by atoms with Crippen molar-refractivity contribution in [3.05, 3.63) is 11.6 Å². The molecule has 4 aliphatic carbocycles. The quantitative estimate of drug-likeness (QED) is 0.418. The summed E-state index contributed by atoms with van der Waals surface area (Å²) in [5.74, 6) is 1.91. The molecule has 168 valence electrons. The molecule has 0 aromatic rings. The second-order valence-corrected chi connectivity index (χ2v) is 15.8. The second kappa shape index (κ2) is 7.77. The third-order valence-electron chi connectivity index (χ3n) is 8.63. The third-order valence-corrected chi connectivity index (χ3v) is 9.64. The normalized spacial score (nSPS) is 43.6. The molecule has 6 unspecified atom stereocenters. The lowest BCUT2D eigenvalue weighted by Gasteiger charge is -2.60. The molecule has 4 aliphatic rings. The van der Waals surface area contributed by atoms with E-state index in [0.29, 0.717) is 23.9 Å². The number of oxime groups is 2. The third kappa shape index (κ3) is 3.58. The van der Waals surface area contributed by atoms with Gasteiger partial charge in [-0.1, -0.05) is 29.7 Å². The first-order valence-corrected chi connectivity index (χ1v) is 15.1. The molecular weight excluding hydrogens is 392 g/mol. The Bertz CT molecular complexity index is 771. The highest BCUT2D eigenvalue weighted by molar-refractivity contribution is 6.69. The molecule has 6 atom stereocenters. The molecule has 3 fully saturated rings. The maximum Gasteiger partial charge on any atom is 0.184 e. The fourth-order valence-corrected chi connectivity index (χ4v) is 8.47. The Morgan fingerprint density at radius 3 is 2.30 bits per heavy atom. The van der Waals surface area contributed by atoms with Crippen molar-refractivity contribution < 1.29 is 14.1 Å². The maximum atomic E-state index is 6.94. The summed E-state index contributed by atoms with van der Waals surface area (Å²) in [6.45, 7) is 12.0. The second-order valence-electron chi connectivity index (χ2n) is 11.3. The van der Waals surface area contributed by atoms with Gasteiger partial charge in [0.15, 0.2) is 8.32 Å². The summed E-state index contributed by atoms with van der Waals surface area (Å²) in [7, 11) is 1.66. The molecule has 0 heterocycles. The SMILES string of the molecule is CO/N=C1\C=C2CC(O[Si](C)(C)C)C3C(CCC4(C)/C(=N\OC)CCC34)C2(C)CC1. The van der Waals surface area contributed by atoms with E-state index in [1.54, 1.807) is 19.8 Å². The van der Waals surface area contributed by atoms with Crippen LogP contribution in [0.25, 0.3) is 0 Å². The molecule has 0 amide bonds. The highest BCUT2D eigenvalue weighted by Gasteiger charge is 2.61. The summed E-state index contributed by atoms with van der Waals surface area (Å²) < 4.78 is 6.94. The van der Waals surface area contributed by atoms with Gasteiger partial charge in [-0.25, -0.2) is 0 Å². The Labute approximate surface area is 183 Å². The summed E-state index contributed by atoms with van der Waals surface area (Å²) in [6.07, 6.45) is 10.6. The van der Waals surface area contributed by atoms with Crippen molar-refractivity contribution in [2.75, 3.05) is 14.2 Å². The summed E-state index contributed by atoms with van der Waals surface area (Å²) in [5.41, 5.74) is 4.32. The number of nitrogens with zero attached hydrogens (tertiary/aromatic N) is 2. The van der Waals surface area contributed by atoms with Crippen LogP contribution in [-0.4, -0.2) is 40.1 Å². The zero-order valence-corrected chi connectivity index (χ0v) is 21.0. The van der Waals surface area contributed by atoms with Crippen molar-refractivity contribution in [2.24, 2.45) is 38.9 Å². The summed E-state index contributed by atoms with van der Waals surface area (Å²) in [5, 5.41) is 8.77. The standard InChI is InChI=1S/C24H40N2O3Si/c1-23-12-10-17(25-27-3)14-16(23)15-20(29-30(5,6)7)22-18-8-9-21(26-28-4)24(18,2)13-11-19(22)23/h14,18-20,22H,8-13,15H2,1-7H3/b25-17-,26-21-. The highest BCUT2D eigenvalue weighted by Crippen LogP contribution is 2.65. The van der Waals surface area contributed by atoms with Crippen LogP contribution in [0.3, 0.4) is 0 Å². The zero-order valence-electron chi connectivity index (χ0n) is 20.0. The lowest BCUT2D eigenvalue weighted by molar-refractivity contribution is -0.0806. The Morgan fingerprint density at radius 2 is 1.63 bits per heavy atom. The minimum atomic E-state index is -1.67. The van der Waals surface area contributed by atoms with Crippen LogP contribution in [0, 0.1) is 28.6 Å². The van der Waals surface area contributed by atoms with Crippen molar-refractivity contribution in [3.8, 4) is 0 Å². The Balaban J connectivity index is 1.75. The molecule has 5 nitrogen and oxygen atoms in total. The van der Waals surface area contributed by atoms with Crippen molar-refractivity contribution >= 4 is 19.7 Å². The van der Waals surface area contributed by atoms with E-state index in [1.807, 2.05) is 0 Å². The average molecular weight is 433 g/mol. The van der Waals surface area contributed by atoms with Gasteiger partial charge < -0.3 is 14.1 Å². The highest BCUT2D eigenvalue weighted by atomic mass is 28.4. The molecule has 0 bridgehead atoms. The van der Waals surface area contributed by atoms with Gasteiger partial charge in [0.05, 0.1) is 17.5 Å². The molecule has 0 aromatic carbocycles. The molecule has 0 radical (unpaired) electrons. The van der Waals surface area contributed by atoms with E-state index in [0.717, 1.165) is 25.0 Å². The first-order chi connectivity index (χ1) is 14.1. The van der Waals surface area contributed by atoms with Gasteiger partial charge in [0.25, 0.3) is 0 Å². The van der Waals surface area contributed by atoms with E-state index in [2.05, 4.69) is 49.9 Å². The van der Waals surface area contributed by atoms with Crippen LogP contribution in [0.1, 0.15) is 58.8 Å². The smallest absolute Gasteiger partial charge is 0.184 e. The van der Waals surface area contributed by atoms with Crippen LogP contribution in [-0.2, 0) is 14.1 Å². The van der Waals surface area contributed by atoms with E-state index in [4.69, 9.17) is 14.1 Å². The minimum absolute atomic E-state index is 0.160. The van der Waals surface area contributed by atoms with Gasteiger partial charge in [0.1, 0.15) is 14.2 Å². The lowest BCUT2D eigenvalue weighted by Crippen LogP contribution is -2.57. The van der Waals surface area contributed by atoms with Crippen LogP contribution in [0.15, 0.2) is 22.0 Å². The first-order valence-electron chi connectivity index (χ1n) is 11.7. The van der Waals surface area contributed by atoms with Gasteiger partial charge in [-0.15, -0.1) is 0 Å². The average Bonchev–Trinajstić information content (AvgIpc) is 2.99. The van der Waals surface area contributed by atoms with Gasteiger partial charge in [0, 0.05) is 5.41 Å². The predicted octanol–water partition coefficient (Wildman–Crippen LogP) is 5.78. The van der Waals surface area contributed by atoms with Crippen LogP contribution in [0.5, 0.6) is 0 Å². The molecule has 0 aromatic heterocycles. The van der Waals surface area contributed by atoms with Crippen LogP contribution in [0.4, 0.5) is 0 Å². The summed E-state index contributed by atoms with van der Waals surface area (Å²) in [6, 6.07) is 0. The number of allylic oxidation sites excluding steroid dienone is 1. The zero-order chi connectivity index (χ0) is 21.7. The van der Waals surface area contributed by atoms with Gasteiger partial charge in [-0.3, -0.25) is 0 Å². The summed E-state index contributed by atoms with van der Waals surface area (Å²) in [4.78, 5) is 10.4. The molecule has 6 heteroatoms. The van der Waals surface area contributed by atoms with Crippen molar-refractivity contribution in [1.29, 1.82) is 0 Å². The topological polar surface area (TPSA) is 52.4 Å². The minimum Gasteiger partial charge on any atom is -0.414 e. The fraction of sp³-hybridized carbons (Fsp3) is 0.833. The van der Waals surface area contributed by atoms with Crippen LogP contribution in [0.2, 0.25) is 19.6 Å². The number of hydrogen-bond donors (Lipinski definition) is 0. The Kier molecular flexibility index (Phi) is 5.71. The maximum absolute atomic E-state index is 6.94. The molecule has 0 saturated heterocycles.